The van der Waals surface area contributed by atoms with Gasteiger partial charge in [-0.25, -0.2) is 4.79 Å². The SMILES string of the molecule is COC(=O)C(=O)NCC(C)CSC. The lowest BCUT2D eigenvalue weighted by atomic mass is 10.2. The van der Waals surface area contributed by atoms with Crippen LogP contribution in [0.5, 0.6) is 0 Å². The van der Waals surface area contributed by atoms with Gasteiger partial charge in [0.25, 0.3) is 0 Å². The monoisotopic (exact) mass is 205 g/mol. The summed E-state index contributed by atoms with van der Waals surface area (Å²) in [7, 11) is 1.19. The summed E-state index contributed by atoms with van der Waals surface area (Å²) in [5.41, 5.74) is 0. The highest BCUT2D eigenvalue weighted by Gasteiger charge is 2.13. The average Bonchev–Trinajstić information content (AvgIpc) is 2.13. The van der Waals surface area contributed by atoms with Crippen LogP contribution in [0.3, 0.4) is 0 Å². The van der Waals surface area contributed by atoms with Gasteiger partial charge in [0.2, 0.25) is 0 Å². The van der Waals surface area contributed by atoms with E-state index in [9.17, 15) is 9.59 Å². The Balaban J connectivity index is 3.63. The quantitative estimate of drug-likeness (QED) is 0.529. The highest BCUT2D eigenvalue weighted by Crippen LogP contribution is 2.02. The van der Waals surface area contributed by atoms with E-state index in [0.717, 1.165) is 5.75 Å². The van der Waals surface area contributed by atoms with Crippen LogP contribution < -0.4 is 5.32 Å². The van der Waals surface area contributed by atoms with Crippen LogP contribution in [0.4, 0.5) is 0 Å². The van der Waals surface area contributed by atoms with Crippen molar-refractivity contribution < 1.29 is 14.3 Å². The zero-order valence-corrected chi connectivity index (χ0v) is 8.94. The Kier molecular flexibility index (Phi) is 6.40. The number of thioether (sulfide) groups is 1. The molecule has 0 bridgehead atoms. The largest absolute Gasteiger partial charge is 0.462 e. The third-order valence-corrected chi connectivity index (χ3v) is 2.34. The second-order valence-electron chi connectivity index (χ2n) is 2.76. The van der Waals surface area contributed by atoms with Crippen LogP contribution in [0.1, 0.15) is 6.92 Å². The van der Waals surface area contributed by atoms with Crippen molar-refractivity contribution in [2.45, 2.75) is 6.92 Å². The van der Waals surface area contributed by atoms with Crippen LogP contribution in [0, 0.1) is 5.92 Å². The van der Waals surface area contributed by atoms with Gasteiger partial charge in [-0.15, -0.1) is 0 Å². The molecule has 0 aromatic rings. The van der Waals surface area contributed by atoms with Crippen molar-refractivity contribution in [3.63, 3.8) is 0 Å². The fourth-order valence-corrected chi connectivity index (χ4v) is 1.46. The Morgan fingerprint density at radius 2 is 2.15 bits per heavy atom. The summed E-state index contributed by atoms with van der Waals surface area (Å²) in [6.45, 7) is 2.52. The third-order valence-electron chi connectivity index (χ3n) is 1.43. The fourth-order valence-electron chi connectivity index (χ4n) is 0.775. The van der Waals surface area contributed by atoms with Crippen molar-refractivity contribution in [2.24, 2.45) is 5.92 Å². The number of rotatable bonds is 4. The van der Waals surface area contributed by atoms with E-state index in [1.165, 1.54) is 7.11 Å². The van der Waals surface area contributed by atoms with Gasteiger partial charge in [-0.1, -0.05) is 6.92 Å². The summed E-state index contributed by atoms with van der Waals surface area (Å²) in [5, 5.41) is 2.49. The summed E-state index contributed by atoms with van der Waals surface area (Å²) in [5.74, 6) is -0.183. The number of carbonyl (C=O) groups is 2. The first-order chi connectivity index (χ1) is 6.11. The molecular weight excluding hydrogens is 190 g/mol. The molecule has 0 aromatic carbocycles. The maximum atomic E-state index is 10.9. The second kappa shape index (κ2) is 6.77. The first-order valence-corrected chi connectivity index (χ1v) is 5.36. The minimum absolute atomic E-state index is 0.364. The van der Waals surface area contributed by atoms with Crippen LogP contribution >= 0.6 is 11.8 Å². The number of carbonyl (C=O) groups excluding carboxylic acids is 2. The Morgan fingerprint density at radius 3 is 2.62 bits per heavy atom. The molecule has 1 unspecified atom stereocenters. The number of hydrogen-bond donors (Lipinski definition) is 1. The zero-order chi connectivity index (χ0) is 10.3. The van der Waals surface area contributed by atoms with Gasteiger partial charge in [-0.05, 0) is 17.9 Å². The van der Waals surface area contributed by atoms with E-state index in [1.54, 1.807) is 11.8 Å². The van der Waals surface area contributed by atoms with Gasteiger partial charge >= 0.3 is 11.9 Å². The van der Waals surface area contributed by atoms with Crippen molar-refractivity contribution >= 4 is 23.6 Å². The van der Waals surface area contributed by atoms with E-state index >= 15 is 0 Å². The van der Waals surface area contributed by atoms with Gasteiger partial charge in [-0.3, -0.25) is 4.79 Å². The molecule has 1 atom stereocenters. The van der Waals surface area contributed by atoms with Crippen molar-refractivity contribution in [3.8, 4) is 0 Å². The minimum Gasteiger partial charge on any atom is -0.462 e. The fraction of sp³-hybridized carbons (Fsp3) is 0.750. The lowest BCUT2D eigenvalue weighted by Crippen LogP contribution is -2.35. The Labute approximate surface area is 82.4 Å². The van der Waals surface area contributed by atoms with Crippen molar-refractivity contribution in [3.05, 3.63) is 0 Å². The molecule has 0 aromatic heterocycles. The molecule has 0 saturated carbocycles. The van der Waals surface area contributed by atoms with Gasteiger partial charge < -0.3 is 10.1 Å². The molecule has 4 nitrogen and oxygen atoms in total. The molecule has 0 radical (unpaired) electrons. The van der Waals surface area contributed by atoms with Gasteiger partial charge in [0.15, 0.2) is 0 Å². The molecule has 76 valence electrons. The van der Waals surface area contributed by atoms with E-state index in [2.05, 4.69) is 10.1 Å². The lowest BCUT2D eigenvalue weighted by molar-refractivity contribution is -0.152. The maximum absolute atomic E-state index is 10.9. The molecule has 0 aliphatic carbocycles. The van der Waals surface area contributed by atoms with Crippen LogP contribution in [-0.2, 0) is 14.3 Å². The van der Waals surface area contributed by atoms with Gasteiger partial charge in [-0.2, -0.15) is 11.8 Å². The van der Waals surface area contributed by atoms with E-state index in [-0.39, 0.29) is 0 Å². The molecule has 0 spiro atoms. The summed E-state index contributed by atoms with van der Waals surface area (Å²) >= 11 is 1.71. The predicted octanol–water partition coefficient (Wildman–Crippen LogP) is 0.275. The van der Waals surface area contributed by atoms with Crippen LogP contribution in [0.15, 0.2) is 0 Å². The predicted molar refractivity (Wildman–Crippen MR) is 52.6 cm³/mol. The smallest absolute Gasteiger partial charge is 0.396 e. The van der Waals surface area contributed by atoms with Crippen LogP contribution in [0.25, 0.3) is 0 Å². The number of amides is 1. The van der Waals surface area contributed by atoms with Crippen molar-refractivity contribution in [2.75, 3.05) is 25.7 Å². The number of esters is 1. The molecule has 5 heteroatoms. The Hall–Kier alpha value is -0.710. The normalized spacial score (nSPS) is 11.9. The molecule has 0 heterocycles. The molecule has 0 aliphatic rings. The number of methoxy groups -OCH3 is 1. The third kappa shape index (κ3) is 5.52. The van der Waals surface area contributed by atoms with Crippen molar-refractivity contribution in [1.82, 2.24) is 5.32 Å². The molecule has 13 heavy (non-hydrogen) atoms. The first-order valence-electron chi connectivity index (χ1n) is 3.96. The maximum Gasteiger partial charge on any atom is 0.396 e. The van der Waals surface area contributed by atoms with Crippen LogP contribution in [0.2, 0.25) is 0 Å². The summed E-state index contributed by atoms with van der Waals surface area (Å²) < 4.78 is 4.25. The summed E-state index contributed by atoms with van der Waals surface area (Å²) in [6.07, 6.45) is 2.00. The van der Waals surface area contributed by atoms with E-state index in [1.807, 2.05) is 13.2 Å². The van der Waals surface area contributed by atoms with E-state index in [0.29, 0.717) is 12.5 Å². The lowest BCUT2D eigenvalue weighted by Gasteiger charge is -2.09. The number of hydrogen-bond acceptors (Lipinski definition) is 4. The van der Waals surface area contributed by atoms with Crippen LogP contribution in [-0.4, -0.2) is 37.5 Å². The molecule has 0 fully saturated rings. The Bertz CT molecular complexity index is 184. The standard InChI is InChI=1S/C8H15NO3S/c1-6(5-13-3)4-9-7(10)8(11)12-2/h6H,4-5H2,1-3H3,(H,9,10). The van der Waals surface area contributed by atoms with Gasteiger partial charge in [0.1, 0.15) is 0 Å². The average molecular weight is 205 g/mol. The van der Waals surface area contributed by atoms with Gasteiger partial charge in [0.05, 0.1) is 7.11 Å². The molecule has 0 aliphatic heterocycles. The van der Waals surface area contributed by atoms with E-state index < -0.39 is 11.9 Å². The molecule has 1 amide bonds. The summed E-state index contributed by atoms with van der Waals surface area (Å²) in [6, 6.07) is 0. The molecule has 1 N–H and O–H groups in total. The highest BCUT2D eigenvalue weighted by atomic mass is 32.2. The molecular formula is C8H15NO3S. The van der Waals surface area contributed by atoms with E-state index in [4.69, 9.17) is 0 Å². The number of nitrogens with one attached hydrogen (secondary N) is 1. The second-order valence-corrected chi connectivity index (χ2v) is 3.67. The minimum atomic E-state index is -0.837. The van der Waals surface area contributed by atoms with Gasteiger partial charge in [0, 0.05) is 6.54 Å². The summed E-state index contributed by atoms with van der Waals surface area (Å²) in [4.78, 5) is 21.5. The molecule has 0 saturated heterocycles. The first kappa shape index (κ1) is 12.3. The highest BCUT2D eigenvalue weighted by molar-refractivity contribution is 7.98. The topological polar surface area (TPSA) is 55.4 Å². The number of ether oxygens (including phenoxy) is 1. The zero-order valence-electron chi connectivity index (χ0n) is 8.12. The van der Waals surface area contributed by atoms with Crippen molar-refractivity contribution in [1.29, 1.82) is 0 Å². The molecule has 0 rings (SSSR count). The Morgan fingerprint density at radius 1 is 1.54 bits per heavy atom.